The lowest BCUT2D eigenvalue weighted by Crippen LogP contribution is -2.29. The van der Waals surface area contributed by atoms with E-state index in [2.05, 4.69) is 4.99 Å². The molecule has 0 saturated carbocycles. The van der Waals surface area contributed by atoms with Crippen molar-refractivity contribution in [3.05, 3.63) is 112 Å². The topological polar surface area (TPSA) is 46.5 Å². The van der Waals surface area contributed by atoms with Gasteiger partial charge in [0.1, 0.15) is 0 Å². The van der Waals surface area contributed by atoms with E-state index < -0.39 is 0 Å². The first-order chi connectivity index (χ1) is 15.7. The highest BCUT2D eigenvalue weighted by Gasteiger charge is 2.37. The second kappa shape index (κ2) is 8.77. The lowest BCUT2D eigenvalue weighted by Gasteiger charge is -2.26. The molecular weight excluding hydrogens is 434 g/mol. The van der Waals surface area contributed by atoms with Gasteiger partial charge < -0.3 is 0 Å². The molecule has 3 nitrogen and oxygen atoms in total. The number of hydrogen-bond acceptors (Lipinski definition) is 5. The number of nitrogens with zero attached hydrogens (tertiary/aromatic N) is 1. The van der Waals surface area contributed by atoms with E-state index in [9.17, 15) is 9.59 Å². The zero-order chi connectivity index (χ0) is 22.1. The predicted octanol–water partition coefficient (Wildman–Crippen LogP) is 6.66. The van der Waals surface area contributed by atoms with Gasteiger partial charge in [0.25, 0.3) is 0 Å². The quantitative estimate of drug-likeness (QED) is 0.443. The maximum atomic E-state index is 13.5. The fourth-order valence-corrected chi connectivity index (χ4v) is 5.81. The van der Waals surface area contributed by atoms with E-state index in [-0.39, 0.29) is 11.6 Å². The molecule has 2 aliphatic rings. The molecule has 3 aromatic rings. The van der Waals surface area contributed by atoms with Crippen LogP contribution in [0.15, 0.2) is 121 Å². The molecule has 3 aromatic carbocycles. The summed E-state index contributed by atoms with van der Waals surface area (Å²) in [6, 6.07) is 25.5. The molecule has 0 aromatic heterocycles. The van der Waals surface area contributed by atoms with Crippen molar-refractivity contribution in [1.82, 2.24) is 0 Å². The molecule has 0 radical (unpaired) electrons. The first-order valence-corrected chi connectivity index (χ1v) is 11.9. The van der Waals surface area contributed by atoms with Crippen LogP contribution in [0.1, 0.15) is 27.1 Å². The molecular formula is C27H19NO2S2. The Balaban J connectivity index is 1.48. The van der Waals surface area contributed by atoms with Gasteiger partial charge in [-0.2, -0.15) is 0 Å². The predicted molar refractivity (Wildman–Crippen MR) is 131 cm³/mol. The van der Waals surface area contributed by atoms with Crippen LogP contribution in [-0.4, -0.2) is 24.3 Å². The van der Waals surface area contributed by atoms with E-state index in [1.165, 1.54) is 0 Å². The molecule has 0 atom stereocenters. The summed E-state index contributed by atoms with van der Waals surface area (Å²) in [6.07, 6.45) is 2.45. The van der Waals surface area contributed by atoms with Gasteiger partial charge in [-0.3, -0.25) is 14.6 Å². The van der Waals surface area contributed by atoms with Crippen molar-refractivity contribution in [2.45, 2.75) is 21.1 Å². The Bertz CT molecular complexity index is 1320. The number of ketones is 2. The third kappa shape index (κ3) is 3.78. The number of thioether (sulfide) groups is 1. The van der Waals surface area contributed by atoms with Crippen LogP contribution >= 0.6 is 23.5 Å². The number of carbonyl (C=O) groups is 2. The number of carbonyl (C=O) groups excluding carboxylic acids is 2. The van der Waals surface area contributed by atoms with Gasteiger partial charge in [-0.1, -0.05) is 66.0 Å². The standard InChI is InChI=1S/C27H19NO2S2/c1-28-25-23(32-18-10-6-3-7-11-18)15-14-21-24(25)27(30)20-13-12-19(16-22(20)26(21)29)31-17-8-4-2-5-9-17/h2-13,15-16H,14H2,1H3. The molecule has 156 valence electrons. The molecule has 32 heavy (non-hydrogen) atoms. The zero-order valence-electron chi connectivity index (χ0n) is 17.4. The molecule has 0 fully saturated rings. The minimum absolute atomic E-state index is 0.0775. The Morgan fingerprint density at radius 1 is 0.719 bits per heavy atom. The molecule has 0 spiro atoms. The summed E-state index contributed by atoms with van der Waals surface area (Å²) < 4.78 is 0. The number of Topliss-reactive ketones (excluding diaryl/α,β-unsaturated/α-hetero) is 2. The summed E-state index contributed by atoms with van der Waals surface area (Å²) in [4.78, 5) is 35.4. The second-order valence-corrected chi connectivity index (χ2v) is 9.66. The molecule has 0 heterocycles. The second-order valence-electron chi connectivity index (χ2n) is 7.39. The van der Waals surface area contributed by atoms with Crippen LogP contribution in [0.3, 0.4) is 0 Å². The fourth-order valence-electron chi connectivity index (χ4n) is 3.93. The summed E-state index contributed by atoms with van der Waals surface area (Å²) in [5.41, 5.74) is 2.54. The highest BCUT2D eigenvalue weighted by atomic mass is 32.2. The minimum Gasteiger partial charge on any atom is -0.289 e. The maximum absolute atomic E-state index is 13.5. The average Bonchev–Trinajstić information content (AvgIpc) is 2.83. The van der Waals surface area contributed by atoms with Crippen LogP contribution in [0, 0.1) is 0 Å². The van der Waals surface area contributed by atoms with Gasteiger partial charge >= 0.3 is 0 Å². The Morgan fingerprint density at radius 2 is 1.38 bits per heavy atom. The Morgan fingerprint density at radius 3 is 2.03 bits per heavy atom. The first kappa shape index (κ1) is 20.7. The monoisotopic (exact) mass is 453 g/mol. The van der Waals surface area contributed by atoms with Crippen LogP contribution in [0.5, 0.6) is 0 Å². The van der Waals surface area contributed by atoms with Crippen LogP contribution in [-0.2, 0) is 0 Å². The van der Waals surface area contributed by atoms with Crippen LogP contribution < -0.4 is 0 Å². The molecule has 2 aliphatic carbocycles. The number of fused-ring (bicyclic) bond motifs is 1. The zero-order valence-corrected chi connectivity index (χ0v) is 19.0. The smallest absolute Gasteiger partial charge is 0.196 e. The highest BCUT2D eigenvalue weighted by molar-refractivity contribution is 8.04. The van der Waals surface area contributed by atoms with Crippen molar-refractivity contribution >= 4 is 40.8 Å². The number of benzene rings is 3. The summed E-state index contributed by atoms with van der Waals surface area (Å²) in [5, 5.41) is 0. The van der Waals surface area contributed by atoms with Crippen molar-refractivity contribution in [3.8, 4) is 0 Å². The van der Waals surface area contributed by atoms with Gasteiger partial charge in [-0.15, -0.1) is 0 Å². The minimum atomic E-state index is -0.120. The lowest BCUT2D eigenvalue weighted by atomic mass is 9.78. The van der Waals surface area contributed by atoms with Gasteiger partial charge in [-0.25, -0.2) is 0 Å². The van der Waals surface area contributed by atoms with Gasteiger partial charge in [-0.05, 0) is 48.9 Å². The maximum Gasteiger partial charge on any atom is 0.196 e. The average molecular weight is 454 g/mol. The first-order valence-electron chi connectivity index (χ1n) is 10.3. The number of aliphatic imine (C=N–C) groups is 1. The summed E-state index contributed by atoms with van der Waals surface area (Å²) in [5.74, 6) is -0.197. The SMILES string of the molecule is CN=C1C(Sc2ccccc2)=CCC2=C1C(=O)c1ccc(Sc3ccccc3)cc1C2=O. The molecule has 5 rings (SSSR count). The molecule has 0 N–H and O–H groups in total. The summed E-state index contributed by atoms with van der Waals surface area (Å²) in [7, 11) is 1.68. The third-order valence-electron chi connectivity index (χ3n) is 5.42. The largest absolute Gasteiger partial charge is 0.289 e. The Labute approximate surface area is 195 Å². The van der Waals surface area contributed by atoms with Crippen LogP contribution in [0.4, 0.5) is 0 Å². The van der Waals surface area contributed by atoms with Crippen LogP contribution in [0.2, 0.25) is 0 Å². The van der Waals surface area contributed by atoms with Gasteiger partial charge in [0.15, 0.2) is 11.6 Å². The van der Waals surface area contributed by atoms with E-state index in [1.807, 2.05) is 78.9 Å². The van der Waals surface area contributed by atoms with Crippen molar-refractivity contribution < 1.29 is 9.59 Å². The molecule has 0 unspecified atom stereocenters. The van der Waals surface area contributed by atoms with Crippen molar-refractivity contribution in [2.24, 2.45) is 4.99 Å². The van der Waals surface area contributed by atoms with E-state index in [0.717, 1.165) is 19.6 Å². The highest BCUT2D eigenvalue weighted by Crippen LogP contribution is 2.40. The molecule has 0 bridgehead atoms. The lowest BCUT2D eigenvalue weighted by molar-refractivity contribution is 0.0977. The fraction of sp³-hybridized carbons (Fsp3) is 0.0741. The van der Waals surface area contributed by atoms with Crippen molar-refractivity contribution in [3.63, 3.8) is 0 Å². The van der Waals surface area contributed by atoms with Gasteiger partial charge in [0.2, 0.25) is 0 Å². The van der Waals surface area contributed by atoms with Crippen molar-refractivity contribution in [2.75, 3.05) is 7.05 Å². The number of allylic oxidation sites excluding steroid dienone is 4. The van der Waals surface area contributed by atoms with E-state index in [4.69, 9.17) is 0 Å². The molecule has 5 heteroatoms. The third-order valence-corrected chi connectivity index (χ3v) is 7.50. The van der Waals surface area contributed by atoms with E-state index in [0.29, 0.717) is 34.4 Å². The molecule has 0 saturated heterocycles. The summed E-state index contributed by atoms with van der Waals surface area (Å²) in [6.45, 7) is 0. The van der Waals surface area contributed by atoms with E-state index >= 15 is 0 Å². The van der Waals surface area contributed by atoms with Crippen LogP contribution in [0.25, 0.3) is 0 Å². The van der Waals surface area contributed by atoms with Gasteiger partial charge in [0, 0.05) is 43.3 Å². The number of rotatable bonds is 4. The summed E-state index contributed by atoms with van der Waals surface area (Å²) >= 11 is 3.15. The van der Waals surface area contributed by atoms with E-state index in [1.54, 1.807) is 36.6 Å². The normalized spacial score (nSPS) is 16.7. The Kier molecular flexibility index (Phi) is 5.68. The van der Waals surface area contributed by atoms with Gasteiger partial charge in [0.05, 0.1) is 11.3 Å². The Hall–Kier alpha value is -3.15. The van der Waals surface area contributed by atoms with Crippen molar-refractivity contribution in [1.29, 1.82) is 0 Å². The molecule has 0 aliphatic heterocycles. The number of hydrogen-bond donors (Lipinski definition) is 0. The molecule has 0 amide bonds.